The number of carbonyl (C=O) groups excluding carboxylic acids is 1. The van der Waals surface area contributed by atoms with Crippen molar-refractivity contribution in [3.8, 4) is 11.5 Å². The van der Waals surface area contributed by atoms with Crippen LogP contribution in [0.25, 0.3) is 0 Å². The first-order chi connectivity index (χ1) is 13.1. The number of hydrogen-bond acceptors (Lipinski definition) is 6. The van der Waals surface area contributed by atoms with Crippen molar-refractivity contribution in [2.45, 2.75) is 39.3 Å². The molecule has 0 saturated carbocycles. The molecule has 3 heterocycles. The highest BCUT2D eigenvalue weighted by molar-refractivity contribution is 7.15. The van der Waals surface area contributed by atoms with Gasteiger partial charge in [-0.15, -0.1) is 11.3 Å². The number of amides is 1. The number of piperidine rings is 1. The molecule has 2 aromatic rings. The van der Waals surface area contributed by atoms with Crippen molar-refractivity contribution in [2.24, 2.45) is 5.92 Å². The highest BCUT2D eigenvalue weighted by atomic mass is 32.1. The van der Waals surface area contributed by atoms with E-state index in [9.17, 15) is 4.79 Å². The zero-order valence-corrected chi connectivity index (χ0v) is 16.6. The number of nitrogens with zero attached hydrogens (tertiary/aromatic N) is 2. The Balaban J connectivity index is 1.36. The predicted molar refractivity (Wildman–Crippen MR) is 106 cm³/mol. The molecule has 1 aromatic carbocycles. The molecule has 1 aromatic heterocycles. The normalized spacial score (nSPS) is 20.4. The van der Waals surface area contributed by atoms with Crippen molar-refractivity contribution in [1.29, 1.82) is 0 Å². The largest absolute Gasteiger partial charge is 0.485 e. The van der Waals surface area contributed by atoms with E-state index in [4.69, 9.17) is 9.47 Å². The van der Waals surface area contributed by atoms with Crippen LogP contribution in [-0.4, -0.2) is 41.6 Å². The lowest BCUT2D eigenvalue weighted by atomic mass is 9.99. The number of thiazole rings is 1. The minimum Gasteiger partial charge on any atom is -0.485 e. The summed E-state index contributed by atoms with van der Waals surface area (Å²) in [6.07, 6.45) is 1.83. The van der Waals surface area contributed by atoms with Gasteiger partial charge < -0.3 is 9.47 Å². The Morgan fingerprint density at radius 1 is 1.30 bits per heavy atom. The molecule has 6 nitrogen and oxygen atoms in total. The number of fused-ring (bicyclic) bond motifs is 1. The minimum absolute atomic E-state index is 0.200. The third-order valence-electron chi connectivity index (χ3n) is 5.17. The number of benzene rings is 1. The van der Waals surface area contributed by atoms with Crippen LogP contribution in [0.3, 0.4) is 0 Å². The molecule has 1 saturated heterocycles. The fourth-order valence-electron chi connectivity index (χ4n) is 3.39. The number of nitrogens with one attached hydrogen (secondary N) is 1. The molecule has 144 valence electrons. The van der Waals surface area contributed by atoms with Crippen LogP contribution < -0.4 is 14.8 Å². The van der Waals surface area contributed by atoms with Gasteiger partial charge in [-0.25, -0.2) is 4.98 Å². The summed E-state index contributed by atoms with van der Waals surface area (Å²) in [5.74, 6) is 1.86. The first-order valence-corrected chi connectivity index (χ1v) is 10.3. The molecule has 1 N–H and O–H groups in total. The third kappa shape index (κ3) is 4.25. The number of likely N-dealkylation sites (tertiary alicyclic amines) is 1. The molecule has 1 fully saturated rings. The Bertz CT molecular complexity index is 815. The van der Waals surface area contributed by atoms with Gasteiger partial charge in [-0.05, 0) is 50.9 Å². The highest BCUT2D eigenvalue weighted by Crippen LogP contribution is 2.31. The highest BCUT2D eigenvalue weighted by Gasteiger charge is 2.28. The summed E-state index contributed by atoms with van der Waals surface area (Å²) in [7, 11) is 0. The van der Waals surface area contributed by atoms with Crippen LogP contribution in [0.2, 0.25) is 0 Å². The molecule has 1 unspecified atom stereocenters. The number of para-hydroxylation sites is 2. The van der Waals surface area contributed by atoms with Crippen LogP contribution in [0, 0.1) is 12.8 Å². The minimum atomic E-state index is -0.670. The molecular formula is C20H25N3O3S. The first kappa shape index (κ1) is 18.3. The number of hydrogen-bond donors (Lipinski definition) is 1. The zero-order chi connectivity index (χ0) is 18.8. The average molecular weight is 388 g/mol. The van der Waals surface area contributed by atoms with Gasteiger partial charge in [-0.2, -0.15) is 0 Å². The number of ether oxygens (including phenoxy) is 2. The number of rotatable bonds is 4. The monoisotopic (exact) mass is 387 g/mol. The second kappa shape index (κ2) is 7.86. The van der Waals surface area contributed by atoms with Gasteiger partial charge in [0.05, 0.1) is 5.69 Å². The van der Waals surface area contributed by atoms with E-state index < -0.39 is 6.10 Å². The molecule has 4 rings (SSSR count). The number of carbonyl (C=O) groups is 1. The summed E-state index contributed by atoms with van der Waals surface area (Å²) in [6.45, 7) is 7.69. The van der Waals surface area contributed by atoms with Gasteiger partial charge in [0, 0.05) is 11.4 Å². The quantitative estimate of drug-likeness (QED) is 0.870. The lowest BCUT2D eigenvalue weighted by Crippen LogP contribution is -2.40. The summed E-state index contributed by atoms with van der Waals surface area (Å²) < 4.78 is 11.4. The summed E-state index contributed by atoms with van der Waals surface area (Å²) in [6, 6.07) is 7.38. The van der Waals surface area contributed by atoms with Crippen molar-refractivity contribution in [2.75, 3.05) is 25.0 Å². The van der Waals surface area contributed by atoms with Gasteiger partial charge in [-0.3, -0.25) is 15.0 Å². The van der Waals surface area contributed by atoms with Crippen molar-refractivity contribution in [3.05, 3.63) is 34.8 Å². The molecular weight excluding hydrogens is 362 g/mol. The summed E-state index contributed by atoms with van der Waals surface area (Å²) in [5, 5.41) is 3.52. The van der Waals surface area contributed by atoms with E-state index in [1.54, 1.807) is 17.4 Å². The Hall–Kier alpha value is -2.12. The zero-order valence-electron chi connectivity index (χ0n) is 15.7. The van der Waals surface area contributed by atoms with Gasteiger partial charge >= 0.3 is 0 Å². The van der Waals surface area contributed by atoms with E-state index in [-0.39, 0.29) is 12.5 Å². The fraction of sp³-hybridized carbons (Fsp3) is 0.500. The van der Waals surface area contributed by atoms with Gasteiger partial charge in [-0.1, -0.05) is 19.1 Å². The fourth-order valence-corrected chi connectivity index (χ4v) is 4.39. The molecule has 0 aliphatic carbocycles. The molecule has 0 spiro atoms. The van der Waals surface area contributed by atoms with E-state index >= 15 is 0 Å². The maximum absolute atomic E-state index is 12.6. The molecule has 1 amide bonds. The number of anilines is 1. The third-order valence-corrected chi connectivity index (χ3v) is 6.22. The maximum Gasteiger partial charge on any atom is 0.270 e. The van der Waals surface area contributed by atoms with Crippen molar-refractivity contribution in [3.63, 3.8) is 0 Å². The van der Waals surface area contributed by atoms with E-state index in [1.165, 1.54) is 17.7 Å². The maximum atomic E-state index is 12.6. The molecule has 27 heavy (non-hydrogen) atoms. The Kier molecular flexibility index (Phi) is 5.31. The first-order valence-electron chi connectivity index (χ1n) is 9.46. The van der Waals surface area contributed by atoms with Crippen molar-refractivity contribution >= 4 is 22.4 Å². The molecule has 1 atom stereocenters. The predicted octanol–water partition coefficient (Wildman–Crippen LogP) is 3.46. The number of aromatic nitrogens is 1. The van der Waals surface area contributed by atoms with E-state index in [0.717, 1.165) is 31.2 Å². The van der Waals surface area contributed by atoms with E-state index in [2.05, 4.69) is 22.1 Å². The summed E-state index contributed by atoms with van der Waals surface area (Å²) in [4.78, 5) is 20.8. The summed E-state index contributed by atoms with van der Waals surface area (Å²) >= 11 is 1.55. The summed E-state index contributed by atoms with van der Waals surface area (Å²) in [5.41, 5.74) is 0.986. The van der Waals surface area contributed by atoms with Gasteiger partial charge in [0.25, 0.3) is 5.91 Å². The molecule has 2 aliphatic rings. The Morgan fingerprint density at radius 3 is 2.81 bits per heavy atom. The van der Waals surface area contributed by atoms with Gasteiger partial charge in [0.2, 0.25) is 6.10 Å². The standard InChI is InChI=1S/C20H25N3O3S/c1-13-7-9-23(10-8-13)11-18-14(2)21-20(27-18)22-19(24)17-12-25-15-5-3-4-6-16(15)26-17/h3-6,13,17H,7-12H2,1-2H3,(H,21,22,24). The van der Waals surface area contributed by atoms with Crippen LogP contribution in [0.15, 0.2) is 24.3 Å². The second-order valence-electron chi connectivity index (χ2n) is 7.34. The Morgan fingerprint density at radius 2 is 2.04 bits per heavy atom. The molecule has 0 radical (unpaired) electrons. The average Bonchev–Trinajstić information content (AvgIpc) is 3.02. The Labute approximate surface area is 163 Å². The van der Waals surface area contributed by atoms with Crippen molar-refractivity contribution in [1.82, 2.24) is 9.88 Å². The molecule has 7 heteroatoms. The molecule has 0 bridgehead atoms. The van der Waals surface area contributed by atoms with Crippen molar-refractivity contribution < 1.29 is 14.3 Å². The van der Waals surface area contributed by atoms with Gasteiger partial charge in [0.15, 0.2) is 16.6 Å². The van der Waals surface area contributed by atoms with E-state index in [0.29, 0.717) is 16.6 Å². The smallest absolute Gasteiger partial charge is 0.270 e. The van der Waals surface area contributed by atoms with E-state index in [1.807, 2.05) is 25.1 Å². The second-order valence-corrected chi connectivity index (χ2v) is 8.42. The molecule has 2 aliphatic heterocycles. The topological polar surface area (TPSA) is 63.7 Å². The van der Waals surface area contributed by atoms with Crippen LogP contribution >= 0.6 is 11.3 Å². The lowest BCUT2D eigenvalue weighted by Gasteiger charge is -2.29. The van der Waals surface area contributed by atoms with Crippen LogP contribution in [0.1, 0.15) is 30.3 Å². The number of aryl methyl sites for hydroxylation is 1. The SMILES string of the molecule is Cc1nc(NC(=O)C2COc3ccccc3O2)sc1CN1CCC(C)CC1. The van der Waals surface area contributed by atoms with Crippen LogP contribution in [0.4, 0.5) is 5.13 Å². The van der Waals surface area contributed by atoms with Crippen LogP contribution in [-0.2, 0) is 11.3 Å². The lowest BCUT2D eigenvalue weighted by molar-refractivity contribution is -0.125. The van der Waals surface area contributed by atoms with Gasteiger partial charge in [0.1, 0.15) is 6.61 Å². The van der Waals surface area contributed by atoms with Crippen LogP contribution in [0.5, 0.6) is 11.5 Å².